The third-order valence-corrected chi connectivity index (χ3v) is 4.78. The van der Waals surface area contributed by atoms with Gasteiger partial charge in [-0.15, -0.1) is 0 Å². The fourth-order valence-electron chi connectivity index (χ4n) is 3.34. The van der Waals surface area contributed by atoms with Crippen LogP contribution in [0.4, 0.5) is 5.69 Å². The minimum absolute atomic E-state index is 0.238. The van der Waals surface area contributed by atoms with Gasteiger partial charge in [0.15, 0.2) is 0 Å². The van der Waals surface area contributed by atoms with Gasteiger partial charge in [-0.3, -0.25) is 4.79 Å². The maximum atomic E-state index is 13.1. The quantitative estimate of drug-likeness (QED) is 0.858. The number of anilines is 1. The lowest BCUT2D eigenvalue weighted by Crippen LogP contribution is -2.49. The molecule has 3 heteroatoms. The zero-order valence-corrected chi connectivity index (χ0v) is 13.6. The van der Waals surface area contributed by atoms with Crippen molar-refractivity contribution in [3.8, 4) is 0 Å². The summed E-state index contributed by atoms with van der Waals surface area (Å²) in [5.41, 5.74) is 7.03. The van der Waals surface area contributed by atoms with E-state index in [1.807, 2.05) is 38.1 Å². The van der Waals surface area contributed by atoms with Crippen molar-refractivity contribution in [3.63, 3.8) is 0 Å². The summed E-state index contributed by atoms with van der Waals surface area (Å²) in [6.45, 7) is 6.92. The van der Waals surface area contributed by atoms with Crippen molar-refractivity contribution < 1.29 is 4.79 Å². The summed E-state index contributed by atoms with van der Waals surface area (Å²) in [4.78, 5) is 15.2. The Morgan fingerprint density at radius 3 is 2.29 bits per heavy atom. The van der Waals surface area contributed by atoms with Crippen LogP contribution in [0.5, 0.6) is 0 Å². The monoisotopic (exact) mass is 288 g/mol. The predicted octanol–water partition coefficient (Wildman–Crippen LogP) is 3.73. The van der Waals surface area contributed by atoms with Gasteiger partial charge in [-0.1, -0.05) is 31.4 Å². The minimum atomic E-state index is -0.499. The van der Waals surface area contributed by atoms with E-state index in [-0.39, 0.29) is 5.91 Å². The molecule has 0 unspecified atom stereocenters. The molecule has 0 atom stereocenters. The summed E-state index contributed by atoms with van der Waals surface area (Å²) < 4.78 is 0. The van der Waals surface area contributed by atoms with Crippen LogP contribution in [0, 0.1) is 0 Å². The Bertz CT molecular complexity index is 472. The number of nitrogens with zero attached hydrogens (tertiary/aromatic N) is 1. The summed E-state index contributed by atoms with van der Waals surface area (Å²) in [7, 11) is 0. The molecule has 1 amide bonds. The van der Waals surface area contributed by atoms with E-state index in [2.05, 4.69) is 11.8 Å². The number of carbonyl (C=O) groups is 1. The Morgan fingerprint density at radius 2 is 1.76 bits per heavy atom. The van der Waals surface area contributed by atoms with Gasteiger partial charge in [0.1, 0.15) is 0 Å². The molecule has 21 heavy (non-hydrogen) atoms. The van der Waals surface area contributed by atoms with Gasteiger partial charge >= 0.3 is 0 Å². The van der Waals surface area contributed by atoms with Crippen LogP contribution in [-0.2, 0) is 10.2 Å². The van der Waals surface area contributed by atoms with E-state index in [0.29, 0.717) is 6.04 Å². The third kappa shape index (κ3) is 3.39. The number of nitrogen functional groups attached to an aromatic ring is 1. The number of nitrogens with two attached hydrogens (primary N) is 1. The van der Waals surface area contributed by atoms with Crippen molar-refractivity contribution in [2.45, 2.75) is 64.3 Å². The fraction of sp³-hybridized carbons (Fsp3) is 0.611. The molecular weight excluding hydrogens is 260 g/mol. The molecule has 1 fully saturated rings. The van der Waals surface area contributed by atoms with Crippen LogP contribution in [0.1, 0.15) is 58.4 Å². The molecule has 0 aliphatic heterocycles. The average Bonchev–Trinajstić information content (AvgIpc) is 2.49. The second-order valence-corrected chi connectivity index (χ2v) is 6.63. The molecular formula is C18H28N2O. The highest BCUT2D eigenvalue weighted by molar-refractivity contribution is 5.87. The zero-order valence-electron chi connectivity index (χ0n) is 13.6. The molecule has 0 heterocycles. The van der Waals surface area contributed by atoms with E-state index in [9.17, 15) is 4.79 Å². The largest absolute Gasteiger partial charge is 0.399 e. The molecule has 2 rings (SSSR count). The molecule has 1 aromatic rings. The van der Waals surface area contributed by atoms with Crippen molar-refractivity contribution in [2.75, 3.05) is 12.3 Å². The first kappa shape index (κ1) is 15.9. The van der Waals surface area contributed by atoms with Gasteiger partial charge in [0.25, 0.3) is 0 Å². The molecule has 3 nitrogen and oxygen atoms in total. The molecule has 0 aromatic heterocycles. The first-order valence-electron chi connectivity index (χ1n) is 8.14. The summed E-state index contributed by atoms with van der Waals surface area (Å²) in [5.74, 6) is 0.238. The maximum Gasteiger partial charge on any atom is 0.232 e. The SMILES string of the molecule is CCN(C(=O)C(C)(C)c1ccc(N)cc1)C1CCCCC1. The summed E-state index contributed by atoms with van der Waals surface area (Å²) in [5, 5.41) is 0. The Morgan fingerprint density at radius 1 is 1.19 bits per heavy atom. The van der Waals surface area contributed by atoms with Gasteiger partial charge < -0.3 is 10.6 Å². The standard InChI is InChI=1S/C18H28N2O/c1-4-20(16-8-6-5-7-9-16)17(21)18(2,3)14-10-12-15(19)13-11-14/h10-13,16H,4-9,19H2,1-3H3. The number of carbonyl (C=O) groups excluding carboxylic acids is 1. The van der Waals surface area contributed by atoms with Gasteiger partial charge in [0, 0.05) is 18.3 Å². The molecule has 116 valence electrons. The van der Waals surface area contributed by atoms with Crippen molar-refractivity contribution >= 4 is 11.6 Å². The molecule has 0 bridgehead atoms. The first-order chi connectivity index (χ1) is 9.96. The number of benzene rings is 1. The molecule has 2 N–H and O–H groups in total. The van der Waals surface area contributed by atoms with Crippen LogP contribution < -0.4 is 5.73 Å². The highest BCUT2D eigenvalue weighted by Crippen LogP contribution is 2.30. The maximum absolute atomic E-state index is 13.1. The minimum Gasteiger partial charge on any atom is -0.399 e. The van der Waals surface area contributed by atoms with Gasteiger partial charge in [-0.25, -0.2) is 0 Å². The van der Waals surface area contributed by atoms with E-state index < -0.39 is 5.41 Å². The van der Waals surface area contributed by atoms with E-state index in [4.69, 9.17) is 5.73 Å². The molecule has 1 saturated carbocycles. The normalized spacial score (nSPS) is 16.7. The van der Waals surface area contributed by atoms with Crippen LogP contribution >= 0.6 is 0 Å². The summed E-state index contributed by atoms with van der Waals surface area (Å²) >= 11 is 0. The number of likely N-dealkylation sites (N-methyl/N-ethyl adjacent to an activating group) is 1. The topological polar surface area (TPSA) is 46.3 Å². The Hall–Kier alpha value is -1.51. The number of hydrogen-bond donors (Lipinski definition) is 1. The van der Waals surface area contributed by atoms with Gasteiger partial charge in [-0.05, 0) is 51.3 Å². The number of rotatable bonds is 4. The van der Waals surface area contributed by atoms with Crippen LogP contribution in [0.25, 0.3) is 0 Å². The third-order valence-electron chi connectivity index (χ3n) is 4.78. The second kappa shape index (κ2) is 6.50. The van der Waals surface area contributed by atoms with E-state index >= 15 is 0 Å². The van der Waals surface area contributed by atoms with Crippen LogP contribution in [-0.4, -0.2) is 23.4 Å². The molecule has 1 aliphatic rings. The Kier molecular flexibility index (Phi) is 4.92. The summed E-state index contributed by atoms with van der Waals surface area (Å²) in [6.07, 6.45) is 6.10. The van der Waals surface area contributed by atoms with E-state index in [1.54, 1.807) is 0 Å². The first-order valence-corrected chi connectivity index (χ1v) is 8.14. The summed E-state index contributed by atoms with van der Waals surface area (Å²) in [6, 6.07) is 8.12. The van der Waals surface area contributed by atoms with Crippen molar-refractivity contribution in [1.29, 1.82) is 0 Å². The molecule has 0 saturated heterocycles. The van der Waals surface area contributed by atoms with Crippen LogP contribution in [0.3, 0.4) is 0 Å². The van der Waals surface area contributed by atoms with E-state index in [1.165, 1.54) is 19.3 Å². The lowest BCUT2D eigenvalue weighted by molar-refractivity contribution is -0.139. The zero-order chi connectivity index (χ0) is 15.5. The van der Waals surface area contributed by atoms with Gasteiger partial charge in [0.2, 0.25) is 5.91 Å². The molecule has 1 aromatic carbocycles. The van der Waals surface area contributed by atoms with Crippen molar-refractivity contribution in [1.82, 2.24) is 4.90 Å². The Balaban J connectivity index is 2.20. The highest BCUT2D eigenvalue weighted by Gasteiger charge is 2.36. The fourth-order valence-corrected chi connectivity index (χ4v) is 3.34. The second-order valence-electron chi connectivity index (χ2n) is 6.63. The van der Waals surface area contributed by atoms with Gasteiger partial charge in [0.05, 0.1) is 5.41 Å². The van der Waals surface area contributed by atoms with Gasteiger partial charge in [-0.2, -0.15) is 0 Å². The molecule has 1 aliphatic carbocycles. The Labute approximate surface area is 128 Å². The lowest BCUT2D eigenvalue weighted by atomic mass is 9.82. The van der Waals surface area contributed by atoms with Crippen molar-refractivity contribution in [3.05, 3.63) is 29.8 Å². The van der Waals surface area contributed by atoms with Crippen molar-refractivity contribution in [2.24, 2.45) is 0 Å². The van der Waals surface area contributed by atoms with E-state index in [0.717, 1.165) is 30.6 Å². The highest BCUT2D eigenvalue weighted by atomic mass is 16.2. The smallest absolute Gasteiger partial charge is 0.232 e. The average molecular weight is 288 g/mol. The molecule has 0 radical (unpaired) electrons. The number of amides is 1. The van der Waals surface area contributed by atoms with Crippen LogP contribution in [0.2, 0.25) is 0 Å². The number of hydrogen-bond acceptors (Lipinski definition) is 2. The predicted molar refractivity (Wildman–Crippen MR) is 88.1 cm³/mol. The van der Waals surface area contributed by atoms with Crippen LogP contribution in [0.15, 0.2) is 24.3 Å². The lowest BCUT2D eigenvalue weighted by Gasteiger charge is -2.38. The molecule has 0 spiro atoms.